The molecule has 1 fully saturated rings. The van der Waals surface area contributed by atoms with Gasteiger partial charge in [-0.3, -0.25) is 9.69 Å². The molecule has 1 radical (unpaired) electrons. The number of amides is 1. The Labute approximate surface area is 138 Å². The number of esters is 1. The maximum atomic E-state index is 12.5. The molecule has 0 aromatic heterocycles. The van der Waals surface area contributed by atoms with Crippen LogP contribution in [0.15, 0.2) is 24.3 Å². The number of nitrogens with zero attached hydrogens (tertiary/aromatic N) is 1. The fraction of sp³-hybridized carbons (Fsp3) is 0.556. The number of hydrogen-bond donors (Lipinski definition) is 1. The fourth-order valence-corrected chi connectivity index (χ4v) is 2.58. The molecule has 125 valence electrons. The molecule has 1 aliphatic heterocycles. The van der Waals surface area contributed by atoms with Crippen LogP contribution in [0, 0.1) is 6.07 Å². The first-order valence-corrected chi connectivity index (χ1v) is 8.06. The van der Waals surface area contributed by atoms with Crippen molar-refractivity contribution < 1.29 is 14.3 Å². The van der Waals surface area contributed by atoms with Gasteiger partial charge in [-0.1, -0.05) is 24.3 Å². The summed E-state index contributed by atoms with van der Waals surface area (Å²) in [5, 5.41) is 2.83. The summed E-state index contributed by atoms with van der Waals surface area (Å²) in [6, 6.07) is 10.2. The zero-order valence-corrected chi connectivity index (χ0v) is 14.1. The minimum Gasteiger partial charge on any atom is -0.457 e. The van der Waals surface area contributed by atoms with E-state index in [0.29, 0.717) is 0 Å². The molecule has 1 N–H and O–H groups in total. The molecule has 1 unspecified atom stereocenters. The Morgan fingerprint density at radius 1 is 1.26 bits per heavy atom. The van der Waals surface area contributed by atoms with Crippen LogP contribution in [0.3, 0.4) is 0 Å². The van der Waals surface area contributed by atoms with Crippen LogP contribution in [0.4, 0.5) is 0 Å². The average molecular weight is 317 g/mol. The second-order valence-electron chi connectivity index (χ2n) is 6.83. The topological polar surface area (TPSA) is 58.6 Å². The highest BCUT2D eigenvalue weighted by molar-refractivity contribution is 5.85. The second-order valence-corrected chi connectivity index (χ2v) is 6.83. The lowest BCUT2D eigenvalue weighted by atomic mass is 10.1. The summed E-state index contributed by atoms with van der Waals surface area (Å²) < 4.78 is 5.46. The maximum Gasteiger partial charge on any atom is 0.344 e. The summed E-state index contributed by atoms with van der Waals surface area (Å²) >= 11 is 0. The van der Waals surface area contributed by atoms with E-state index in [9.17, 15) is 9.59 Å². The van der Waals surface area contributed by atoms with Crippen molar-refractivity contribution in [2.24, 2.45) is 0 Å². The van der Waals surface area contributed by atoms with Gasteiger partial charge in [0.05, 0.1) is 6.42 Å². The minimum atomic E-state index is -0.709. The number of carbonyl (C=O) groups is 2. The van der Waals surface area contributed by atoms with Crippen molar-refractivity contribution in [1.29, 1.82) is 0 Å². The molecule has 23 heavy (non-hydrogen) atoms. The highest BCUT2D eigenvalue weighted by Crippen LogP contribution is 2.15. The van der Waals surface area contributed by atoms with E-state index in [-0.39, 0.29) is 12.3 Å². The zero-order chi connectivity index (χ0) is 16.9. The van der Waals surface area contributed by atoms with Gasteiger partial charge in [0.15, 0.2) is 6.17 Å². The molecule has 1 aromatic rings. The Kier molecular flexibility index (Phi) is 5.77. The van der Waals surface area contributed by atoms with Crippen molar-refractivity contribution in [3.8, 4) is 0 Å². The maximum absolute atomic E-state index is 12.5. The number of hydrogen-bond acceptors (Lipinski definition) is 4. The van der Waals surface area contributed by atoms with Gasteiger partial charge in [-0.25, -0.2) is 4.79 Å². The molecule has 2 rings (SSSR count). The summed E-state index contributed by atoms with van der Waals surface area (Å²) in [4.78, 5) is 26.7. The molecule has 5 nitrogen and oxygen atoms in total. The third kappa shape index (κ3) is 5.67. The first kappa shape index (κ1) is 17.5. The monoisotopic (exact) mass is 317 g/mol. The molecule has 0 spiro atoms. The lowest BCUT2D eigenvalue weighted by Gasteiger charge is -2.30. The van der Waals surface area contributed by atoms with Crippen molar-refractivity contribution in [3.05, 3.63) is 35.9 Å². The number of nitrogens with one attached hydrogen (secondary N) is 1. The minimum absolute atomic E-state index is 0.182. The number of carbonyl (C=O) groups excluding carboxylic acids is 2. The van der Waals surface area contributed by atoms with Gasteiger partial charge in [-0.15, -0.1) is 0 Å². The normalized spacial score (nSPS) is 16.8. The lowest BCUT2D eigenvalue weighted by Crippen LogP contribution is -2.54. The molecular weight excluding hydrogens is 292 g/mol. The Balaban J connectivity index is 2.02. The summed E-state index contributed by atoms with van der Waals surface area (Å²) in [5.74, 6) is -0.576. The van der Waals surface area contributed by atoms with Crippen molar-refractivity contribution in [2.75, 3.05) is 13.1 Å². The molecule has 1 aliphatic rings. The van der Waals surface area contributed by atoms with Gasteiger partial charge in [0.1, 0.15) is 5.60 Å². The van der Waals surface area contributed by atoms with E-state index < -0.39 is 17.7 Å². The third-order valence-electron chi connectivity index (χ3n) is 3.59. The van der Waals surface area contributed by atoms with Gasteiger partial charge < -0.3 is 10.1 Å². The van der Waals surface area contributed by atoms with Gasteiger partial charge >= 0.3 is 5.97 Å². The van der Waals surface area contributed by atoms with E-state index in [2.05, 4.69) is 11.4 Å². The number of likely N-dealkylation sites (tertiary alicyclic amines) is 1. The van der Waals surface area contributed by atoms with Gasteiger partial charge in [0.25, 0.3) is 0 Å². The van der Waals surface area contributed by atoms with Crippen LogP contribution >= 0.6 is 0 Å². The van der Waals surface area contributed by atoms with Crippen LogP contribution in [-0.4, -0.2) is 41.6 Å². The van der Waals surface area contributed by atoms with E-state index in [1.54, 1.807) is 12.1 Å². The number of ether oxygens (including phenoxy) is 1. The van der Waals surface area contributed by atoms with Crippen LogP contribution < -0.4 is 5.32 Å². The smallest absolute Gasteiger partial charge is 0.344 e. The fourth-order valence-electron chi connectivity index (χ4n) is 2.58. The first-order valence-electron chi connectivity index (χ1n) is 8.06. The van der Waals surface area contributed by atoms with Gasteiger partial charge in [-0.2, -0.15) is 0 Å². The molecule has 5 heteroatoms. The summed E-state index contributed by atoms with van der Waals surface area (Å²) in [6.45, 7) is 7.08. The lowest BCUT2D eigenvalue weighted by molar-refractivity contribution is -0.163. The quantitative estimate of drug-likeness (QED) is 0.843. The Hall–Kier alpha value is -1.88. The summed E-state index contributed by atoms with van der Waals surface area (Å²) in [5.41, 5.74) is 0.320. The van der Waals surface area contributed by atoms with E-state index in [0.717, 1.165) is 31.5 Å². The molecular formula is C18H25N2O3. The third-order valence-corrected chi connectivity index (χ3v) is 3.59. The summed E-state index contributed by atoms with van der Waals surface area (Å²) in [6.07, 6.45) is 1.59. The van der Waals surface area contributed by atoms with E-state index in [1.807, 2.05) is 37.8 Å². The molecule has 0 bridgehead atoms. The Bertz CT molecular complexity index is 531. The van der Waals surface area contributed by atoms with Crippen LogP contribution in [-0.2, 0) is 20.7 Å². The van der Waals surface area contributed by atoms with Crippen molar-refractivity contribution in [1.82, 2.24) is 10.2 Å². The molecule has 0 saturated carbocycles. The van der Waals surface area contributed by atoms with Gasteiger partial charge in [-0.05, 0) is 45.2 Å². The van der Waals surface area contributed by atoms with Crippen LogP contribution in [0.25, 0.3) is 0 Å². The van der Waals surface area contributed by atoms with E-state index in [4.69, 9.17) is 4.74 Å². The van der Waals surface area contributed by atoms with Crippen molar-refractivity contribution in [3.63, 3.8) is 0 Å². The van der Waals surface area contributed by atoms with Gasteiger partial charge in [0, 0.05) is 13.1 Å². The molecule has 1 saturated heterocycles. The van der Waals surface area contributed by atoms with Crippen LogP contribution in [0.1, 0.15) is 39.2 Å². The van der Waals surface area contributed by atoms with Crippen LogP contribution in [0.2, 0.25) is 0 Å². The Morgan fingerprint density at radius 3 is 2.43 bits per heavy atom. The molecule has 1 heterocycles. The number of rotatable bonds is 5. The zero-order valence-electron chi connectivity index (χ0n) is 14.1. The molecule has 0 aliphatic carbocycles. The van der Waals surface area contributed by atoms with Crippen LogP contribution in [0.5, 0.6) is 0 Å². The first-order chi connectivity index (χ1) is 10.8. The second kappa shape index (κ2) is 7.59. The van der Waals surface area contributed by atoms with Gasteiger partial charge in [0.2, 0.25) is 5.91 Å². The SMILES string of the molecule is CC(C)(C)OC(=O)C(NC(=O)Cc1cc[c]cc1)N1CCCC1. The predicted molar refractivity (Wildman–Crippen MR) is 87.6 cm³/mol. The average Bonchev–Trinajstić information content (AvgIpc) is 2.97. The standard InChI is InChI=1S/C18H25N2O3/c1-18(2,3)23-17(22)16(20-11-7-8-12-20)19-15(21)13-14-9-5-4-6-10-14/h5-6,9-10,16H,7-8,11-13H2,1-3H3,(H,19,21). The predicted octanol–water partition coefficient (Wildman–Crippen LogP) is 1.91. The molecule has 1 atom stereocenters. The highest BCUT2D eigenvalue weighted by atomic mass is 16.6. The molecule has 1 amide bonds. The summed E-state index contributed by atoms with van der Waals surface area (Å²) in [7, 11) is 0. The van der Waals surface area contributed by atoms with Crippen molar-refractivity contribution >= 4 is 11.9 Å². The number of benzene rings is 1. The highest BCUT2D eigenvalue weighted by Gasteiger charge is 2.33. The van der Waals surface area contributed by atoms with Crippen molar-refractivity contribution in [2.45, 2.75) is 51.8 Å². The molecule has 1 aromatic carbocycles. The largest absolute Gasteiger partial charge is 0.457 e. The Morgan fingerprint density at radius 2 is 1.87 bits per heavy atom. The van der Waals surface area contributed by atoms with E-state index >= 15 is 0 Å². The van der Waals surface area contributed by atoms with E-state index in [1.165, 1.54) is 0 Å².